The molecular weight excluding hydrogens is 279 g/mol. The molecular formula is C9H27BO3Si4. The molecule has 8 heteroatoms. The van der Waals surface area contributed by atoms with Crippen molar-refractivity contribution in [2.45, 2.75) is 58.9 Å². The molecule has 1 atom stereocenters. The molecule has 0 bridgehead atoms. The highest BCUT2D eigenvalue weighted by atomic mass is 28.5. The lowest BCUT2D eigenvalue weighted by Gasteiger charge is -2.40. The van der Waals surface area contributed by atoms with Crippen LogP contribution in [0.1, 0.15) is 0 Å². The Hall–Kier alpha value is 0.812. The zero-order valence-electron chi connectivity index (χ0n) is 12.8. The number of rotatable bonds is 6. The minimum absolute atomic E-state index is 1.59. The van der Waals surface area contributed by atoms with Crippen molar-refractivity contribution in [3.63, 3.8) is 0 Å². The van der Waals surface area contributed by atoms with Crippen LogP contribution in [0.25, 0.3) is 0 Å². The van der Waals surface area contributed by atoms with Crippen molar-refractivity contribution in [1.82, 2.24) is 0 Å². The van der Waals surface area contributed by atoms with E-state index in [4.69, 9.17) is 19.8 Å². The van der Waals surface area contributed by atoms with E-state index in [0.29, 0.717) is 0 Å². The molecule has 2 radical (unpaired) electrons. The van der Waals surface area contributed by atoms with Crippen molar-refractivity contribution in [2.24, 2.45) is 0 Å². The van der Waals surface area contributed by atoms with Gasteiger partial charge in [0.25, 0.3) is 8.43 Å². The highest BCUT2D eigenvalue weighted by Gasteiger charge is 2.40. The van der Waals surface area contributed by atoms with Gasteiger partial charge < -0.3 is 12.3 Å². The molecule has 0 N–H and O–H groups in total. The Morgan fingerprint density at radius 2 is 0.941 bits per heavy atom. The van der Waals surface area contributed by atoms with Crippen LogP contribution in [0.4, 0.5) is 0 Å². The summed E-state index contributed by atoms with van der Waals surface area (Å²) in [7, 11) is -1.78. The molecule has 0 aliphatic heterocycles. The van der Waals surface area contributed by atoms with Crippen LogP contribution in [0.15, 0.2) is 0 Å². The highest BCUT2D eigenvalue weighted by molar-refractivity contribution is 7.14. The van der Waals surface area contributed by atoms with Crippen LogP contribution < -0.4 is 0 Å². The van der Waals surface area contributed by atoms with Gasteiger partial charge in [0.05, 0.1) is 0 Å². The SMILES string of the molecule is [B][Si](C)(O[Si](C)(C)C)O[Si](C)(C)O[Si](C)(C)C. The first-order valence-corrected chi connectivity index (χ1v) is 18.0. The maximum absolute atomic E-state index is 6.21. The fraction of sp³-hybridized carbons (Fsp3) is 1.00. The van der Waals surface area contributed by atoms with Crippen molar-refractivity contribution >= 4 is 41.1 Å². The Morgan fingerprint density at radius 1 is 0.588 bits per heavy atom. The summed E-state index contributed by atoms with van der Waals surface area (Å²) in [6.45, 7) is 18.9. The van der Waals surface area contributed by atoms with Crippen LogP contribution >= 0.6 is 0 Å². The molecule has 0 aliphatic carbocycles. The lowest BCUT2D eigenvalue weighted by atomic mass is 10.8. The van der Waals surface area contributed by atoms with Gasteiger partial charge in [-0.2, -0.15) is 0 Å². The number of hydrogen-bond donors (Lipinski definition) is 0. The van der Waals surface area contributed by atoms with E-state index >= 15 is 0 Å². The van der Waals surface area contributed by atoms with Gasteiger partial charge in [-0.05, 0) is 58.9 Å². The molecule has 0 saturated heterocycles. The summed E-state index contributed by atoms with van der Waals surface area (Å²) in [5, 5.41) is 0. The molecule has 0 aromatic carbocycles. The molecule has 0 aromatic rings. The summed E-state index contributed by atoms with van der Waals surface area (Å²) in [5.41, 5.74) is 0. The van der Waals surface area contributed by atoms with Crippen molar-refractivity contribution in [2.75, 3.05) is 0 Å². The van der Waals surface area contributed by atoms with Gasteiger partial charge in [-0.1, -0.05) is 0 Å². The Bertz CT molecular complexity index is 232. The van der Waals surface area contributed by atoms with Crippen molar-refractivity contribution in [3.8, 4) is 0 Å². The Kier molecular flexibility index (Phi) is 5.69. The summed E-state index contributed by atoms with van der Waals surface area (Å²) in [5.74, 6) is 0. The van der Waals surface area contributed by atoms with E-state index in [0.717, 1.165) is 0 Å². The van der Waals surface area contributed by atoms with E-state index in [2.05, 4.69) is 52.4 Å². The average Bonchev–Trinajstić information content (AvgIpc) is 1.65. The number of hydrogen-bond acceptors (Lipinski definition) is 3. The molecule has 0 spiro atoms. The zero-order chi connectivity index (χ0) is 14.1. The third-order valence-corrected chi connectivity index (χ3v) is 13.6. The third kappa shape index (κ3) is 10.4. The van der Waals surface area contributed by atoms with Gasteiger partial charge in [0, 0.05) is 0 Å². The maximum Gasteiger partial charge on any atom is 0.312 e. The second-order valence-electron chi connectivity index (χ2n) is 6.95. The van der Waals surface area contributed by atoms with Gasteiger partial charge in [-0.3, -0.25) is 0 Å². The van der Waals surface area contributed by atoms with Crippen molar-refractivity contribution < 1.29 is 12.3 Å². The second kappa shape index (κ2) is 5.43. The normalized spacial score (nSPS) is 17.9. The van der Waals surface area contributed by atoms with Crippen LogP contribution in [-0.4, -0.2) is 41.1 Å². The van der Waals surface area contributed by atoms with Gasteiger partial charge >= 0.3 is 8.56 Å². The van der Waals surface area contributed by atoms with E-state index in [-0.39, 0.29) is 0 Å². The van der Waals surface area contributed by atoms with E-state index in [9.17, 15) is 0 Å². The van der Waals surface area contributed by atoms with Crippen LogP contribution in [0.3, 0.4) is 0 Å². The average molecular weight is 306 g/mol. The molecule has 0 aromatic heterocycles. The van der Waals surface area contributed by atoms with E-state index < -0.39 is 33.6 Å². The van der Waals surface area contributed by atoms with Crippen LogP contribution in [-0.2, 0) is 12.3 Å². The van der Waals surface area contributed by atoms with E-state index in [1.165, 1.54) is 0 Å². The van der Waals surface area contributed by atoms with Crippen LogP contribution in [0.2, 0.25) is 58.9 Å². The van der Waals surface area contributed by atoms with Gasteiger partial charge in [-0.15, -0.1) is 0 Å². The third-order valence-electron chi connectivity index (χ3n) is 1.51. The first kappa shape index (κ1) is 17.8. The minimum Gasteiger partial charge on any atom is -0.443 e. The molecule has 0 fully saturated rings. The molecule has 0 amide bonds. The van der Waals surface area contributed by atoms with Gasteiger partial charge in [0.2, 0.25) is 0 Å². The monoisotopic (exact) mass is 306 g/mol. The smallest absolute Gasteiger partial charge is 0.312 e. The van der Waals surface area contributed by atoms with E-state index in [1.54, 1.807) is 0 Å². The summed E-state index contributed by atoms with van der Waals surface area (Å²) in [4.78, 5) is 0. The topological polar surface area (TPSA) is 27.7 Å². The Balaban J connectivity index is 4.59. The Morgan fingerprint density at radius 3 is 1.24 bits per heavy atom. The quantitative estimate of drug-likeness (QED) is 0.706. The van der Waals surface area contributed by atoms with Crippen molar-refractivity contribution in [3.05, 3.63) is 0 Å². The summed E-state index contributed by atoms with van der Waals surface area (Å²) in [6.07, 6.45) is 0. The summed E-state index contributed by atoms with van der Waals surface area (Å²) < 4.78 is 18.2. The van der Waals surface area contributed by atoms with Gasteiger partial charge in [0.15, 0.2) is 16.6 Å². The van der Waals surface area contributed by atoms with Crippen LogP contribution in [0.5, 0.6) is 0 Å². The van der Waals surface area contributed by atoms with E-state index in [1.807, 2.05) is 6.55 Å². The summed E-state index contributed by atoms with van der Waals surface area (Å²) in [6, 6.07) is 0. The fourth-order valence-corrected chi connectivity index (χ4v) is 17.6. The standard InChI is InChI=1S/C9H27BO3Si4/c1-14(2,3)11-16(7,8)13-17(9,10)12-15(4,5)6/h1-9H3. The molecule has 0 heterocycles. The van der Waals surface area contributed by atoms with Crippen LogP contribution in [0, 0.1) is 0 Å². The summed E-state index contributed by atoms with van der Waals surface area (Å²) >= 11 is 0. The molecule has 100 valence electrons. The van der Waals surface area contributed by atoms with Gasteiger partial charge in [0.1, 0.15) is 7.44 Å². The molecule has 3 nitrogen and oxygen atoms in total. The first-order chi connectivity index (χ1) is 7.12. The maximum atomic E-state index is 6.21. The van der Waals surface area contributed by atoms with Crippen molar-refractivity contribution in [1.29, 1.82) is 0 Å². The lowest BCUT2D eigenvalue weighted by molar-refractivity contribution is 0.343. The predicted molar refractivity (Wildman–Crippen MR) is 84.8 cm³/mol. The predicted octanol–water partition coefficient (Wildman–Crippen LogP) is 3.15. The Labute approximate surface area is 112 Å². The molecule has 1 unspecified atom stereocenters. The second-order valence-corrected chi connectivity index (χ2v) is 22.7. The zero-order valence-corrected chi connectivity index (χ0v) is 16.8. The lowest BCUT2D eigenvalue weighted by Crippen LogP contribution is -2.57. The largest absolute Gasteiger partial charge is 0.443 e. The first-order valence-electron chi connectivity index (χ1n) is 6.01. The molecule has 0 rings (SSSR count). The highest BCUT2D eigenvalue weighted by Crippen LogP contribution is 2.21. The fourth-order valence-electron chi connectivity index (χ4n) is 1.88. The minimum atomic E-state index is -2.55. The molecule has 17 heavy (non-hydrogen) atoms. The molecule has 0 aliphatic rings. The molecule has 0 saturated carbocycles. The van der Waals surface area contributed by atoms with Gasteiger partial charge in [-0.25, -0.2) is 0 Å².